The van der Waals surface area contributed by atoms with Crippen LogP contribution < -0.4 is 14.8 Å². The molecule has 0 spiro atoms. The van der Waals surface area contributed by atoms with Crippen LogP contribution >= 0.6 is 27.7 Å². The first-order chi connectivity index (χ1) is 12.2. The average molecular weight is 429 g/mol. The van der Waals surface area contributed by atoms with Crippen LogP contribution in [0.15, 0.2) is 28.1 Å². The van der Waals surface area contributed by atoms with Crippen molar-refractivity contribution in [2.45, 2.75) is 11.7 Å². The molecule has 1 amide bonds. The quantitative estimate of drug-likeness (QED) is 0.676. The fraction of sp³-hybridized carbons (Fsp3) is 0.400. The van der Waals surface area contributed by atoms with E-state index in [9.17, 15) is 4.79 Å². The third-order valence-electron chi connectivity index (χ3n) is 3.35. The van der Waals surface area contributed by atoms with Gasteiger partial charge in [0.25, 0.3) is 0 Å². The van der Waals surface area contributed by atoms with Gasteiger partial charge in [-0.2, -0.15) is 0 Å². The largest absolute Gasteiger partial charge is 0.486 e. The van der Waals surface area contributed by atoms with Gasteiger partial charge in [0.05, 0.1) is 18.0 Å². The number of thioether (sulfide) groups is 1. The summed E-state index contributed by atoms with van der Waals surface area (Å²) in [6.45, 7) is 2.21. The molecule has 2 aromatic rings. The zero-order chi connectivity index (χ0) is 17.6. The molecule has 0 bridgehead atoms. The minimum atomic E-state index is -0.149. The number of hydrogen-bond donors (Lipinski definition) is 1. The molecule has 8 nitrogen and oxygen atoms in total. The Bertz CT molecular complexity index is 755. The van der Waals surface area contributed by atoms with E-state index in [4.69, 9.17) is 14.2 Å². The molecule has 25 heavy (non-hydrogen) atoms. The number of nitrogens with zero attached hydrogens (tertiary/aromatic N) is 3. The van der Waals surface area contributed by atoms with Gasteiger partial charge in [-0.1, -0.05) is 11.8 Å². The number of carbonyl (C=O) groups excluding carboxylic acids is 1. The van der Waals surface area contributed by atoms with Crippen molar-refractivity contribution in [1.82, 2.24) is 14.8 Å². The second-order valence-corrected chi connectivity index (χ2v) is 6.91. The number of amides is 1. The summed E-state index contributed by atoms with van der Waals surface area (Å²) < 4.78 is 18.7. The van der Waals surface area contributed by atoms with E-state index in [-0.39, 0.29) is 11.7 Å². The number of aromatic nitrogens is 3. The van der Waals surface area contributed by atoms with E-state index in [1.807, 2.05) is 4.57 Å². The summed E-state index contributed by atoms with van der Waals surface area (Å²) in [6.07, 6.45) is 1.62. The predicted octanol–water partition coefficient (Wildman–Crippen LogP) is 2.19. The highest BCUT2D eigenvalue weighted by Gasteiger charge is 2.16. The molecule has 0 saturated heterocycles. The molecule has 0 radical (unpaired) electrons. The third-order valence-corrected chi connectivity index (χ3v) is 4.99. The van der Waals surface area contributed by atoms with Gasteiger partial charge in [-0.05, 0) is 15.9 Å². The number of nitrogens with one attached hydrogen (secondary N) is 1. The van der Waals surface area contributed by atoms with Gasteiger partial charge in [-0.15, -0.1) is 10.2 Å². The lowest BCUT2D eigenvalue weighted by atomic mass is 10.2. The van der Waals surface area contributed by atoms with E-state index in [2.05, 4.69) is 31.4 Å². The molecular weight excluding hydrogens is 412 g/mol. The standard InChI is InChI=1S/C15H17BrN4O4S/c1-22-3-2-20-9-17-19-15(20)25-8-14(21)18-11-7-13-12(6-10(11)16)23-4-5-24-13/h6-7,9H,2-5,8H2,1H3,(H,18,21). The number of fused-ring (bicyclic) bond motifs is 1. The van der Waals surface area contributed by atoms with Gasteiger partial charge in [-0.3, -0.25) is 4.79 Å². The summed E-state index contributed by atoms with van der Waals surface area (Å²) in [4.78, 5) is 12.2. The number of anilines is 1. The van der Waals surface area contributed by atoms with E-state index in [0.717, 1.165) is 4.47 Å². The van der Waals surface area contributed by atoms with Crippen molar-refractivity contribution in [3.8, 4) is 11.5 Å². The van der Waals surface area contributed by atoms with Crippen LogP contribution in [0.25, 0.3) is 0 Å². The molecule has 3 rings (SSSR count). The molecule has 0 aliphatic carbocycles. The lowest BCUT2D eigenvalue weighted by Gasteiger charge is -2.20. The first kappa shape index (κ1) is 18.0. The molecule has 1 aromatic heterocycles. The van der Waals surface area contributed by atoms with Gasteiger partial charge in [0, 0.05) is 30.3 Å². The molecule has 134 valence electrons. The molecule has 1 aliphatic rings. The van der Waals surface area contributed by atoms with E-state index in [1.165, 1.54) is 11.8 Å². The zero-order valence-electron chi connectivity index (χ0n) is 13.5. The lowest BCUT2D eigenvalue weighted by Crippen LogP contribution is -2.18. The van der Waals surface area contributed by atoms with Crippen LogP contribution in [0, 0.1) is 0 Å². The highest BCUT2D eigenvalue weighted by molar-refractivity contribution is 9.10. The minimum absolute atomic E-state index is 0.149. The molecule has 1 aromatic carbocycles. The fourth-order valence-corrected chi connectivity index (χ4v) is 3.34. The Kier molecular flexibility index (Phi) is 6.16. The Labute approximate surface area is 157 Å². The van der Waals surface area contributed by atoms with Crippen LogP contribution in [0.3, 0.4) is 0 Å². The number of carbonyl (C=O) groups is 1. The first-order valence-electron chi connectivity index (χ1n) is 7.56. The van der Waals surface area contributed by atoms with Crippen molar-refractivity contribution in [1.29, 1.82) is 0 Å². The van der Waals surface area contributed by atoms with Crippen LogP contribution in [0.4, 0.5) is 5.69 Å². The van der Waals surface area contributed by atoms with Crippen LogP contribution in [-0.4, -0.2) is 53.4 Å². The van der Waals surface area contributed by atoms with Gasteiger partial charge < -0.3 is 24.1 Å². The van der Waals surface area contributed by atoms with Gasteiger partial charge >= 0.3 is 0 Å². The number of ether oxygens (including phenoxy) is 3. The predicted molar refractivity (Wildman–Crippen MR) is 96.4 cm³/mol. The molecular formula is C15H17BrN4O4S. The smallest absolute Gasteiger partial charge is 0.234 e. The SMILES string of the molecule is COCCn1cnnc1SCC(=O)Nc1cc2c(cc1Br)OCCO2. The topological polar surface area (TPSA) is 87.5 Å². The first-order valence-corrected chi connectivity index (χ1v) is 9.34. The zero-order valence-corrected chi connectivity index (χ0v) is 15.9. The summed E-state index contributed by atoms with van der Waals surface area (Å²) in [7, 11) is 1.63. The monoisotopic (exact) mass is 428 g/mol. The minimum Gasteiger partial charge on any atom is -0.486 e. The van der Waals surface area contributed by atoms with Crippen LogP contribution in [-0.2, 0) is 16.1 Å². The number of rotatable bonds is 7. The van der Waals surface area contributed by atoms with Crippen molar-refractivity contribution < 1.29 is 19.0 Å². The van der Waals surface area contributed by atoms with Crippen LogP contribution in [0.2, 0.25) is 0 Å². The molecule has 10 heteroatoms. The van der Waals surface area contributed by atoms with E-state index >= 15 is 0 Å². The summed E-state index contributed by atoms with van der Waals surface area (Å²) in [5.41, 5.74) is 0.635. The van der Waals surface area contributed by atoms with E-state index in [1.54, 1.807) is 25.6 Å². The molecule has 1 aliphatic heterocycles. The van der Waals surface area contributed by atoms with Gasteiger partial charge in [0.2, 0.25) is 5.91 Å². The third kappa shape index (κ3) is 4.65. The Morgan fingerprint density at radius 1 is 1.40 bits per heavy atom. The van der Waals surface area contributed by atoms with Crippen molar-refractivity contribution >= 4 is 39.3 Å². The van der Waals surface area contributed by atoms with Crippen molar-refractivity contribution in [3.05, 3.63) is 22.9 Å². The van der Waals surface area contributed by atoms with Crippen molar-refractivity contribution in [2.75, 3.05) is 38.0 Å². The summed E-state index contributed by atoms with van der Waals surface area (Å²) in [5.74, 6) is 1.35. The Hall–Kier alpha value is -1.78. The summed E-state index contributed by atoms with van der Waals surface area (Å²) >= 11 is 4.75. The van der Waals surface area contributed by atoms with E-state index in [0.29, 0.717) is 48.7 Å². The summed E-state index contributed by atoms with van der Waals surface area (Å²) in [6, 6.07) is 3.54. The normalized spacial score (nSPS) is 12.9. The summed E-state index contributed by atoms with van der Waals surface area (Å²) in [5, 5.41) is 11.4. The van der Waals surface area contributed by atoms with Crippen molar-refractivity contribution in [2.24, 2.45) is 0 Å². The maximum absolute atomic E-state index is 12.2. The highest BCUT2D eigenvalue weighted by atomic mass is 79.9. The van der Waals surface area contributed by atoms with Gasteiger partial charge in [0.1, 0.15) is 19.5 Å². The van der Waals surface area contributed by atoms with Crippen LogP contribution in [0.1, 0.15) is 0 Å². The number of benzene rings is 1. The Balaban J connectivity index is 1.59. The van der Waals surface area contributed by atoms with Gasteiger partial charge in [0.15, 0.2) is 16.7 Å². The molecule has 0 fully saturated rings. The fourth-order valence-electron chi connectivity index (χ4n) is 2.18. The maximum Gasteiger partial charge on any atom is 0.234 e. The average Bonchev–Trinajstić information content (AvgIpc) is 3.06. The molecule has 0 saturated carbocycles. The number of methoxy groups -OCH3 is 1. The second-order valence-electron chi connectivity index (χ2n) is 5.11. The van der Waals surface area contributed by atoms with Crippen molar-refractivity contribution in [3.63, 3.8) is 0 Å². The van der Waals surface area contributed by atoms with Crippen LogP contribution in [0.5, 0.6) is 11.5 Å². The highest BCUT2D eigenvalue weighted by Crippen LogP contribution is 2.38. The maximum atomic E-state index is 12.2. The number of hydrogen-bond acceptors (Lipinski definition) is 7. The molecule has 1 N–H and O–H groups in total. The van der Waals surface area contributed by atoms with Gasteiger partial charge in [-0.25, -0.2) is 0 Å². The van der Waals surface area contributed by atoms with E-state index < -0.39 is 0 Å². The molecule has 0 atom stereocenters. The molecule has 0 unspecified atom stereocenters. The molecule has 2 heterocycles. The lowest BCUT2D eigenvalue weighted by molar-refractivity contribution is -0.113. The Morgan fingerprint density at radius 2 is 2.16 bits per heavy atom. The number of halogens is 1. The Morgan fingerprint density at radius 3 is 2.92 bits per heavy atom. The second kappa shape index (κ2) is 8.54.